The Kier molecular flexibility index (Phi) is 7.58. The third kappa shape index (κ3) is 6.96. The molecule has 0 heterocycles. The number of anilines is 1. The second kappa shape index (κ2) is 9.37. The van der Waals surface area contributed by atoms with E-state index in [9.17, 15) is 44.7 Å². The quantitative estimate of drug-likeness (QED) is 0.479. The third-order valence-corrected chi connectivity index (χ3v) is 5.83. The Hall–Kier alpha value is -2.55. The average Bonchev–Trinajstić information content (AvgIpc) is 2.66. The summed E-state index contributed by atoms with van der Waals surface area (Å²) in [4.78, 5) is 11.3. The summed E-state index contributed by atoms with van der Waals surface area (Å²) < 4.78 is 105. The number of alkyl halides is 6. The van der Waals surface area contributed by atoms with E-state index in [1.165, 1.54) is 12.1 Å². The van der Waals surface area contributed by atoms with Crippen LogP contribution in [0.1, 0.15) is 12.5 Å². The fourth-order valence-corrected chi connectivity index (χ4v) is 3.54. The van der Waals surface area contributed by atoms with Crippen molar-refractivity contribution < 1.29 is 49.4 Å². The lowest BCUT2D eigenvalue weighted by Gasteiger charge is -2.25. The first-order valence-corrected chi connectivity index (χ1v) is 10.5. The van der Waals surface area contributed by atoms with E-state index < -0.39 is 49.7 Å². The van der Waals surface area contributed by atoms with Gasteiger partial charge in [0.15, 0.2) is 0 Å². The highest BCUT2D eigenvalue weighted by molar-refractivity contribution is 7.89. The van der Waals surface area contributed by atoms with Gasteiger partial charge in [0.05, 0.1) is 15.6 Å². The maximum atomic E-state index is 12.7. The standard InChI is InChI=1S/C18H15ClF6N2O5S/c1-16(29,17(20,21)22)15(28)27-14-7-6-12(8-13(14)19)33(30,31)26-9-10-2-4-11(5-3-10)32-18(23,24)25/h2-8,26,29H,9H2,1H3,(H,27,28)/t16-/m1/s1. The molecule has 0 aliphatic rings. The Morgan fingerprint density at radius 3 is 2.12 bits per heavy atom. The number of sulfonamides is 1. The minimum atomic E-state index is -5.27. The summed E-state index contributed by atoms with van der Waals surface area (Å²) in [5.41, 5.74) is -3.81. The number of aliphatic hydroxyl groups is 1. The maximum Gasteiger partial charge on any atom is 0.573 e. The molecule has 0 radical (unpaired) electrons. The molecular formula is C18H15ClF6N2O5S. The fourth-order valence-electron chi connectivity index (χ4n) is 2.21. The van der Waals surface area contributed by atoms with Crippen molar-refractivity contribution in [1.29, 1.82) is 0 Å². The van der Waals surface area contributed by atoms with Crippen molar-refractivity contribution in [2.45, 2.75) is 36.5 Å². The molecule has 7 nitrogen and oxygen atoms in total. The first-order chi connectivity index (χ1) is 14.9. The van der Waals surface area contributed by atoms with Crippen LogP contribution in [0.15, 0.2) is 47.4 Å². The van der Waals surface area contributed by atoms with Crippen LogP contribution >= 0.6 is 11.6 Å². The lowest BCUT2D eigenvalue weighted by atomic mass is 10.1. The molecule has 2 aromatic carbocycles. The van der Waals surface area contributed by atoms with E-state index in [0.717, 1.165) is 30.3 Å². The van der Waals surface area contributed by atoms with Crippen molar-refractivity contribution in [2.24, 2.45) is 0 Å². The Balaban J connectivity index is 2.09. The van der Waals surface area contributed by atoms with Crippen molar-refractivity contribution in [2.75, 3.05) is 5.32 Å². The van der Waals surface area contributed by atoms with Crippen molar-refractivity contribution in [3.63, 3.8) is 0 Å². The smallest absolute Gasteiger partial charge is 0.406 e. The van der Waals surface area contributed by atoms with Crippen LogP contribution < -0.4 is 14.8 Å². The van der Waals surface area contributed by atoms with E-state index in [-0.39, 0.29) is 24.7 Å². The number of carbonyl (C=O) groups excluding carboxylic acids is 1. The van der Waals surface area contributed by atoms with Crippen molar-refractivity contribution in [3.05, 3.63) is 53.1 Å². The number of halogens is 7. The number of nitrogens with one attached hydrogen (secondary N) is 2. The molecule has 15 heteroatoms. The van der Waals surface area contributed by atoms with Crippen LogP contribution in [0.25, 0.3) is 0 Å². The summed E-state index contributed by atoms with van der Waals surface area (Å²) >= 11 is 5.86. The van der Waals surface area contributed by atoms with Crippen molar-refractivity contribution in [3.8, 4) is 5.75 Å². The van der Waals surface area contributed by atoms with Crippen LogP contribution in [0.3, 0.4) is 0 Å². The van der Waals surface area contributed by atoms with Crippen LogP contribution in [-0.4, -0.2) is 37.6 Å². The number of carbonyl (C=O) groups is 1. The van der Waals surface area contributed by atoms with E-state index in [1.54, 1.807) is 5.32 Å². The van der Waals surface area contributed by atoms with Gasteiger partial charge in [-0.1, -0.05) is 23.7 Å². The summed E-state index contributed by atoms with van der Waals surface area (Å²) in [5, 5.41) is 10.7. The van der Waals surface area contributed by atoms with E-state index in [1.807, 2.05) is 0 Å². The lowest BCUT2D eigenvalue weighted by Crippen LogP contribution is -2.52. The van der Waals surface area contributed by atoms with Gasteiger partial charge in [-0.2, -0.15) is 13.2 Å². The Labute approximate surface area is 188 Å². The first-order valence-electron chi connectivity index (χ1n) is 8.67. The summed E-state index contributed by atoms with van der Waals surface area (Å²) in [7, 11) is -4.20. The van der Waals surface area contributed by atoms with Gasteiger partial charge in [0, 0.05) is 6.54 Å². The molecule has 33 heavy (non-hydrogen) atoms. The maximum absolute atomic E-state index is 12.7. The number of hydrogen-bond donors (Lipinski definition) is 3. The molecule has 0 spiro atoms. The Morgan fingerprint density at radius 2 is 1.64 bits per heavy atom. The highest BCUT2D eigenvalue weighted by Crippen LogP contribution is 2.32. The molecular weight excluding hydrogens is 506 g/mol. The minimum absolute atomic E-state index is 0.237. The van der Waals surface area contributed by atoms with Gasteiger partial charge < -0.3 is 15.2 Å². The predicted molar refractivity (Wildman–Crippen MR) is 104 cm³/mol. The van der Waals surface area contributed by atoms with Crippen LogP contribution in [0.4, 0.5) is 32.0 Å². The van der Waals surface area contributed by atoms with E-state index in [0.29, 0.717) is 0 Å². The Bertz CT molecular complexity index is 1120. The van der Waals surface area contributed by atoms with Gasteiger partial charge in [0.25, 0.3) is 5.91 Å². The molecule has 2 rings (SSSR count). The summed E-state index contributed by atoms with van der Waals surface area (Å²) in [6.45, 7) is -0.0834. The van der Waals surface area contributed by atoms with Gasteiger partial charge >= 0.3 is 12.5 Å². The molecule has 182 valence electrons. The van der Waals surface area contributed by atoms with Gasteiger partial charge in [0.2, 0.25) is 15.6 Å². The highest BCUT2D eigenvalue weighted by atomic mass is 35.5. The molecule has 0 bridgehead atoms. The zero-order valence-electron chi connectivity index (χ0n) is 16.4. The molecule has 0 unspecified atom stereocenters. The molecule has 0 saturated carbocycles. The van der Waals surface area contributed by atoms with Crippen molar-refractivity contribution in [1.82, 2.24) is 4.72 Å². The monoisotopic (exact) mass is 520 g/mol. The normalized spacial score (nSPS) is 14.5. The number of rotatable bonds is 7. The third-order valence-electron chi connectivity index (χ3n) is 4.12. The second-order valence-electron chi connectivity index (χ2n) is 6.68. The molecule has 2 aromatic rings. The number of amides is 1. The number of hydrogen-bond acceptors (Lipinski definition) is 5. The molecule has 0 saturated heterocycles. The predicted octanol–water partition coefficient (Wildman–Crippen LogP) is 3.97. The second-order valence-corrected chi connectivity index (χ2v) is 8.86. The summed E-state index contributed by atoms with van der Waals surface area (Å²) in [5.74, 6) is -2.33. The van der Waals surface area contributed by atoms with Gasteiger partial charge in [-0.25, -0.2) is 13.1 Å². The zero-order chi connectivity index (χ0) is 25.2. The van der Waals surface area contributed by atoms with Crippen LogP contribution in [-0.2, 0) is 21.4 Å². The van der Waals surface area contributed by atoms with Gasteiger partial charge in [-0.05, 0) is 42.8 Å². The molecule has 3 N–H and O–H groups in total. The largest absolute Gasteiger partial charge is 0.573 e. The van der Waals surface area contributed by atoms with Crippen molar-refractivity contribution >= 4 is 33.2 Å². The van der Waals surface area contributed by atoms with Gasteiger partial charge in [-0.15, -0.1) is 13.2 Å². The average molecular weight is 521 g/mol. The van der Waals surface area contributed by atoms with Crippen LogP contribution in [0.5, 0.6) is 5.75 Å². The van der Waals surface area contributed by atoms with Crippen LogP contribution in [0.2, 0.25) is 5.02 Å². The molecule has 0 aliphatic heterocycles. The summed E-state index contributed by atoms with van der Waals surface area (Å²) in [6.07, 6.45) is -10.1. The van der Waals surface area contributed by atoms with E-state index in [2.05, 4.69) is 9.46 Å². The van der Waals surface area contributed by atoms with E-state index in [4.69, 9.17) is 11.6 Å². The molecule has 1 amide bonds. The molecule has 0 fully saturated rings. The highest BCUT2D eigenvalue weighted by Gasteiger charge is 2.55. The topological polar surface area (TPSA) is 105 Å². The van der Waals surface area contributed by atoms with Gasteiger partial charge in [0.1, 0.15) is 5.75 Å². The number of benzene rings is 2. The molecule has 0 aliphatic carbocycles. The molecule has 0 aromatic heterocycles. The van der Waals surface area contributed by atoms with Crippen LogP contribution in [0, 0.1) is 0 Å². The number of ether oxygens (including phenoxy) is 1. The molecule has 1 atom stereocenters. The zero-order valence-corrected chi connectivity index (χ0v) is 18.0. The SMILES string of the molecule is C[C@@](O)(C(=O)Nc1ccc(S(=O)(=O)NCc2ccc(OC(F)(F)F)cc2)cc1Cl)C(F)(F)F. The minimum Gasteiger partial charge on any atom is -0.406 e. The van der Waals surface area contributed by atoms with Gasteiger partial charge in [-0.3, -0.25) is 4.79 Å². The Morgan fingerprint density at radius 1 is 1.06 bits per heavy atom. The first kappa shape index (κ1) is 26.7. The summed E-state index contributed by atoms with van der Waals surface area (Å²) in [6, 6.07) is 7.07. The fraction of sp³-hybridized carbons (Fsp3) is 0.278. The van der Waals surface area contributed by atoms with E-state index >= 15 is 0 Å². The lowest BCUT2D eigenvalue weighted by molar-refractivity contribution is -0.274.